The normalized spacial score (nSPS) is 18.1. The molecule has 3 heterocycles. The topological polar surface area (TPSA) is 80.9 Å². The van der Waals surface area contributed by atoms with Crippen LogP contribution >= 0.6 is 11.8 Å². The van der Waals surface area contributed by atoms with Crippen molar-refractivity contribution in [3.8, 4) is 5.69 Å². The van der Waals surface area contributed by atoms with Gasteiger partial charge in [-0.2, -0.15) is 5.10 Å². The molecular weight excluding hydrogens is 465 g/mol. The Morgan fingerprint density at radius 1 is 1.09 bits per heavy atom. The lowest BCUT2D eigenvalue weighted by Gasteiger charge is -2.31. The summed E-state index contributed by atoms with van der Waals surface area (Å²) in [5.41, 5.74) is 0.789. The van der Waals surface area contributed by atoms with Gasteiger partial charge in [0.2, 0.25) is 5.91 Å². The van der Waals surface area contributed by atoms with Crippen molar-refractivity contribution in [2.75, 3.05) is 24.2 Å². The minimum Gasteiger partial charge on any atom is -0.310 e. The number of amides is 1. The number of nitrogens with zero attached hydrogens (tertiary/aromatic N) is 6. The van der Waals surface area contributed by atoms with Crippen molar-refractivity contribution in [1.82, 2.24) is 29.4 Å². The van der Waals surface area contributed by atoms with Crippen molar-refractivity contribution in [2.24, 2.45) is 0 Å². The summed E-state index contributed by atoms with van der Waals surface area (Å²) in [5.74, 6) is 1.32. The van der Waals surface area contributed by atoms with E-state index in [2.05, 4.69) is 32.4 Å². The van der Waals surface area contributed by atoms with Gasteiger partial charge in [-0.25, -0.2) is 9.07 Å². The molecule has 0 radical (unpaired) electrons. The monoisotopic (exact) mass is 497 g/mol. The van der Waals surface area contributed by atoms with Gasteiger partial charge in [-0.1, -0.05) is 31.0 Å². The second kappa shape index (κ2) is 10.9. The maximum absolute atomic E-state index is 13.6. The van der Waals surface area contributed by atoms with E-state index in [0.29, 0.717) is 11.2 Å². The number of thioether (sulfide) groups is 1. The number of hydrogen-bond acceptors (Lipinski definition) is 6. The van der Waals surface area contributed by atoms with Crippen molar-refractivity contribution in [3.05, 3.63) is 48.2 Å². The Hall–Kier alpha value is -2.72. The van der Waals surface area contributed by atoms with Crippen LogP contribution in [-0.2, 0) is 4.79 Å². The standard InChI is InChI=1S/C25H32FN7OS/c1-18(31-15-5-2-6-16-31)24-29-30-25(32(24)20-11-9-19(26)10-12-20)35-17-23(34)28-22-13-14-27-33(22)21-7-3-4-8-21/h9-14,18,21H,2-8,15-17H2,1H3,(H,28,34)/t18-/m0/s1. The van der Waals surface area contributed by atoms with Crippen LogP contribution in [0.25, 0.3) is 5.69 Å². The van der Waals surface area contributed by atoms with Gasteiger partial charge in [0.15, 0.2) is 11.0 Å². The van der Waals surface area contributed by atoms with Crippen molar-refractivity contribution in [2.45, 2.75) is 69.1 Å². The highest BCUT2D eigenvalue weighted by molar-refractivity contribution is 7.99. The van der Waals surface area contributed by atoms with E-state index in [9.17, 15) is 9.18 Å². The number of carbonyl (C=O) groups is 1. The van der Waals surface area contributed by atoms with E-state index in [4.69, 9.17) is 0 Å². The van der Waals surface area contributed by atoms with Gasteiger partial charge in [0.25, 0.3) is 0 Å². The number of benzene rings is 1. The molecule has 0 spiro atoms. The molecule has 0 bridgehead atoms. The van der Waals surface area contributed by atoms with E-state index in [1.54, 1.807) is 18.3 Å². The van der Waals surface area contributed by atoms with Gasteiger partial charge < -0.3 is 5.32 Å². The lowest BCUT2D eigenvalue weighted by molar-refractivity contribution is -0.113. The largest absolute Gasteiger partial charge is 0.310 e. The number of hydrogen-bond donors (Lipinski definition) is 1. The zero-order valence-electron chi connectivity index (χ0n) is 20.1. The van der Waals surface area contributed by atoms with E-state index >= 15 is 0 Å². The van der Waals surface area contributed by atoms with Crippen LogP contribution in [0, 0.1) is 5.82 Å². The molecule has 186 valence electrons. The number of likely N-dealkylation sites (tertiary alicyclic amines) is 1. The molecular formula is C25H32FN7OS. The molecule has 1 saturated heterocycles. The number of halogens is 1. The smallest absolute Gasteiger partial charge is 0.235 e. The molecule has 0 unspecified atom stereocenters. The Balaban J connectivity index is 1.33. The van der Waals surface area contributed by atoms with E-state index in [1.165, 1.54) is 56.0 Å². The van der Waals surface area contributed by atoms with Crippen molar-refractivity contribution in [3.63, 3.8) is 0 Å². The third-order valence-corrected chi connectivity index (χ3v) is 7.92. The first-order chi connectivity index (χ1) is 17.1. The molecule has 1 aromatic carbocycles. The van der Waals surface area contributed by atoms with Crippen LogP contribution in [-0.4, -0.2) is 54.2 Å². The highest BCUT2D eigenvalue weighted by Crippen LogP contribution is 2.32. The third kappa shape index (κ3) is 5.43. The molecule has 1 saturated carbocycles. The molecule has 10 heteroatoms. The zero-order valence-corrected chi connectivity index (χ0v) is 20.9. The van der Waals surface area contributed by atoms with Crippen LogP contribution in [0.15, 0.2) is 41.7 Å². The fourth-order valence-electron chi connectivity index (χ4n) is 5.11. The van der Waals surface area contributed by atoms with Crippen LogP contribution in [0.2, 0.25) is 0 Å². The Morgan fingerprint density at radius 3 is 2.57 bits per heavy atom. The fourth-order valence-corrected chi connectivity index (χ4v) is 5.87. The predicted octanol–water partition coefficient (Wildman–Crippen LogP) is 5.00. The summed E-state index contributed by atoms with van der Waals surface area (Å²) in [6.45, 7) is 4.19. The van der Waals surface area contributed by atoms with Crippen LogP contribution < -0.4 is 5.32 Å². The molecule has 35 heavy (non-hydrogen) atoms. The second-order valence-electron chi connectivity index (χ2n) is 9.36. The van der Waals surface area contributed by atoms with Crippen molar-refractivity contribution >= 4 is 23.5 Å². The number of aromatic nitrogens is 5. The van der Waals surface area contributed by atoms with Crippen LogP contribution in [0.4, 0.5) is 10.2 Å². The molecule has 2 aromatic heterocycles. The predicted molar refractivity (Wildman–Crippen MR) is 134 cm³/mol. The average molecular weight is 498 g/mol. The quantitative estimate of drug-likeness (QED) is 0.442. The van der Waals surface area contributed by atoms with Crippen molar-refractivity contribution in [1.29, 1.82) is 0 Å². The maximum Gasteiger partial charge on any atom is 0.235 e. The van der Waals surface area contributed by atoms with E-state index < -0.39 is 0 Å². The summed E-state index contributed by atoms with van der Waals surface area (Å²) in [6.07, 6.45) is 9.93. The van der Waals surface area contributed by atoms with Gasteiger partial charge in [-0.3, -0.25) is 14.3 Å². The van der Waals surface area contributed by atoms with Gasteiger partial charge in [0, 0.05) is 11.8 Å². The Morgan fingerprint density at radius 2 is 1.83 bits per heavy atom. The second-order valence-corrected chi connectivity index (χ2v) is 10.3. The molecule has 2 aliphatic rings. The fraction of sp³-hybridized carbons (Fsp3) is 0.520. The van der Waals surface area contributed by atoms with Gasteiger partial charge in [-0.15, -0.1) is 10.2 Å². The summed E-state index contributed by atoms with van der Waals surface area (Å²) in [6, 6.07) is 8.61. The highest BCUT2D eigenvalue weighted by atomic mass is 32.2. The average Bonchev–Trinajstić information content (AvgIpc) is 3.64. The first-order valence-corrected chi connectivity index (χ1v) is 13.5. The molecule has 1 atom stereocenters. The molecule has 1 amide bonds. The number of rotatable bonds is 8. The third-order valence-electron chi connectivity index (χ3n) is 7.00. The Bertz CT molecular complexity index is 1130. The van der Waals surface area contributed by atoms with Crippen LogP contribution in [0.5, 0.6) is 0 Å². The summed E-state index contributed by atoms with van der Waals surface area (Å²) in [5, 5.41) is 17.0. The zero-order chi connectivity index (χ0) is 24.2. The number of anilines is 1. The lowest BCUT2D eigenvalue weighted by atomic mass is 10.1. The van der Waals surface area contributed by atoms with Gasteiger partial charge in [-0.05, 0) is 70.0 Å². The summed E-state index contributed by atoms with van der Waals surface area (Å²) >= 11 is 1.33. The molecule has 1 N–H and O–H groups in total. The Kier molecular flexibility index (Phi) is 7.48. The molecule has 1 aliphatic carbocycles. The molecule has 3 aromatic rings. The summed E-state index contributed by atoms with van der Waals surface area (Å²) in [7, 11) is 0. The molecule has 2 fully saturated rings. The van der Waals surface area contributed by atoms with Gasteiger partial charge >= 0.3 is 0 Å². The van der Waals surface area contributed by atoms with E-state index in [1.807, 2.05) is 15.3 Å². The number of piperidine rings is 1. The molecule has 1 aliphatic heterocycles. The number of carbonyl (C=O) groups excluding carboxylic acids is 1. The van der Waals surface area contributed by atoms with E-state index in [0.717, 1.165) is 43.3 Å². The minimum atomic E-state index is -0.292. The van der Waals surface area contributed by atoms with Crippen molar-refractivity contribution < 1.29 is 9.18 Å². The maximum atomic E-state index is 13.6. The lowest BCUT2D eigenvalue weighted by Crippen LogP contribution is -2.33. The minimum absolute atomic E-state index is 0.0665. The SMILES string of the molecule is C[C@@H](c1nnc(SCC(=O)Nc2ccnn2C2CCCC2)n1-c1ccc(F)cc1)N1CCCCC1. The van der Waals surface area contributed by atoms with Crippen LogP contribution in [0.3, 0.4) is 0 Å². The molecule has 5 rings (SSSR count). The first kappa shape index (κ1) is 24.0. The summed E-state index contributed by atoms with van der Waals surface area (Å²) < 4.78 is 17.5. The summed E-state index contributed by atoms with van der Waals surface area (Å²) in [4.78, 5) is 15.3. The molecule has 8 nitrogen and oxygen atoms in total. The number of nitrogens with one attached hydrogen (secondary N) is 1. The van der Waals surface area contributed by atoms with Crippen LogP contribution in [0.1, 0.15) is 69.8 Å². The highest BCUT2D eigenvalue weighted by Gasteiger charge is 2.26. The first-order valence-electron chi connectivity index (χ1n) is 12.5. The van der Waals surface area contributed by atoms with Gasteiger partial charge in [0.1, 0.15) is 11.6 Å². The Labute approximate surface area is 209 Å². The van der Waals surface area contributed by atoms with E-state index in [-0.39, 0.29) is 23.5 Å². The van der Waals surface area contributed by atoms with Gasteiger partial charge in [0.05, 0.1) is 24.0 Å².